The summed E-state index contributed by atoms with van der Waals surface area (Å²) in [6, 6.07) is 6.35. The molecule has 2 rings (SSSR count). The lowest BCUT2D eigenvalue weighted by Gasteiger charge is -2.04. The molecule has 0 saturated heterocycles. The van der Waals surface area contributed by atoms with E-state index in [2.05, 4.69) is 10.3 Å². The van der Waals surface area contributed by atoms with Gasteiger partial charge < -0.3 is 14.8 Å². The number of rotatable bonds is 4. The number of carbonyl (C=O) groups excluding carboxylic acids is 1. The molecule has 2 N–H and O–H groups in total. The quantitative estimate of drug-likeness (QED) is 0.833. The van der Waals surface area contributed by atoms with Crippen molar-refractivity contribution in [3.05, 3.63) is 53.6 Å². The highest BCUT2D eigenvalue weighted by molar-refractivity contribution is 6.04. The number of amides is 1. The zero-order valence-electron chi connectivity index (χ0n) is 10.7. The maximum Gasteiger partial charge on any atom is 0.339 e. The summed E-state index contributed by atoms with van der Waals surface area (Å²) in [5.41, 5.74) is -0.0666. The van der Waals surface area contributed by atoms with Crippen molar-refractivity contribution in [2.24, 2.45) is 0 Å². The van der Waals surface area contributed by atoms with E-state index in [4.69, 9.17) is 9.52 Å². The second kappa shape index (κ2) is 5.83. The lowest BCUT2D eigenvalue weighted by atomic mass is 10.2. The van der Waals surface area contributed by atoms with Gasteiger partial charge in [0.05, 0.1) is 0 Å². The zero-order valence-corrected chi connectivity index (χ0v) is 10.7. The van der Waals surface area contributed by atoms with Crippen LogP contribution in [0.15, 0.2) is 41.0 Å². The van der Waals surface area contributed by atoms with Crippen LogP contribution in [0.4, 0.5) is 5.82 Å². The molecular weight excluding hydrogens is 260 g/mol. The molecule has 0 aliphatic rings. The third kappa shape index (κ3) is 3.32. The minimum absolute atomic E-state index is 0.00488. The Morgan fingerprint density at radius 2 is 2.15 bits per heavy atom. The van der Waals surface area contributed by atoms with Crippen molar-refractivity contribution in [2.45, 2.75) is 6.92 Å². The highest BCUT2D eigenvalue weighted by Gasteiger charge is 2.11. The van der Waals surface area contributed by atoms with Crippen LogP contribution in [0.5, 0.6) is 0 Å². The number of carboxylic acid groups (broad SMARTS) is 1. The van der Waals surface area contributed by atoms with Gasteiger partial charge in [-0.25, -0.2) is 9.78 Å². The number of furan rings is 1. The van der Waals surface area contributed by atoms with Crippen molar-refractivity contribution < 1.29 is 19.1 Å². The number of carboxylic acids is 1. The molecule has 6 heteroatoms. The Morgan fingerprint density at radius 1 is 1.35 bits per heavy atom. The predicted molar refractivity (Wildman–Crippen MR) is 72.3 cm³/mol. The first-order valence-electron chi connectivity index (χ1n) is 5.80. The minimum Gasteiger partial charge on any atom is -0.478 e. The molecule has 2 aromatic heterocycles. The summed E-state index contributed by atoms with van der Waals surface area (Å²) in [4.78, 5) is 26.5. The van der Waals surface area contributed by atoms with E-state index in [0.717, 1.165) is 5.76 Å². The summed E-state index contributed by atoms with van der Waals surface area (Å²) in [6.07, 6.45) is 4.14. The molecule has 0 fully saturated rings. The van der Waals surface area contributed by atoms with E-state index in [1.54, 1.807) is 19.1 Å². The van der Waals surface area contributed by atoms with Gasteiger partial charge in [-0.2, -0.15) is 0 Å². The Morgan fingerprint density at radius 3 is 2.80 bits per heavy atom. The second-order valence-corrected chi connectivity index (χ2v) is 3.98. The van der Waals surface area contributed by atoms with Gasteiger partial charge in [0.2, 0.25) is 5.91 Å². The Balaban J connectivity index is 2.09. The van der Waals surface area contributed by atoms with Crippen LogP contribution in [0.2, 0.25) is 0 Å². The highest BCUT2D eigenvalue weighted by atomic mass is 16.4. The number of hydrogen-bond donors (Lipinski definition) is 2. The molecule has 0 atom stereocenters. The number of aromatic nitrogens is 1. The molecule has 1 amide bonds. The Hall–Kier alpha value is -2.89. The smallest absolute Gasteiger partial charge is 0.339 e. The number of nitrogens with zero attached hydrogens (tertiary/aromatic N) is 1. The molecule has 102 valence electrons. The summed E-state index contributed by atoms with van der Waals surface area (Å²) >= 11 is 0. The third-order valence-corrected chi connectivity index (χ3v) is 2.44. The average molecular weight is 272 g/mol. The fraction of sp³-hybridized carbons (Fsp3) is 0.0714. The Kier molecular flexibility index (Phi) is 3.95. The first-order chi connectivity index (χ1) is 9.56. The van der Waals surface area contributed by atoms with Gasteiger partial charge in [0.15, 0.2) is 0 Å². The van der Waals surface area contributed by atoms with Gasteiger partial charge in [0.1, 0.15) is 22.9 Å². The lowest BCUT2D eigenvalue weighted by molar-refractivity contribution is -0.111. The fourth-order valence-electron chi connectivity index (χ4n) is 1.54. The molecule has 0 aliphatic carbocycles. The van der Waals surface area contributed by atoms with Crippen LogP contribution in [0, 0.1) is 6.92 Å². The van der Waals surface area contributed by atoms with Crippen molar-refractivity contribution >= 4 is 23.8 Å². The van der Waals surface area contributed by atoms with E-state index in [1.807, 2.05) is 0 Å². The van der Waals surface area contributed by atoms with Crippen molar-refractivity contribution in [1.82, 2.24) is 4.98 Å². The van der Waals surface area contributed by atoms with Crippen molar-refractivity contribution in [3.8, 4) is 0 Å². The van der Waals surface area contributed by atoms with Crippen LogP contribution in [-0.4, -0.2) is 22.0 Å². The van der Waals surface area contributed by atoms with E-state index in [-0.39, 0.29) is 11.4 Å². The Labute approximate surface area is 114 Å². The largest absolute Gasteiger partial charge is 0.478 e. The number of pyridine rings is 1. The van der Waals surface area contributed by atoms with Crippen molar-refractivity contribution in [2.75, 3.05) is 5.32 Å². The van der Waals surface area contributed by atoms with Gasteiger partial charge >= 0.3 is 5.97 Å². The maximum atomic E-state index is 11.7. The number of carbonyl (C=O) groups is 2. The zero-order chi connectivity index (χ0) is 14.5. The van der Waals surface area contributed by atoms with Crippen molar-refractivity contribution in [1.29, 1.82) is 0 Å². The molecule has 0 aromatic carbocycles. The Bertz CT molecular complexity index is 673. The van der Waals surface area contributed by atoms with Crippen LogP contribution < -0.4 is 5.32 Å². The monoisotopic (exact) mass is 272 g/mol. The SMILES string of the molecule is Cc1ccc(C=CC(=O)Nc2ncccc2C(=O)O)o1. The molecule has 0 saturated carbocycles. The third-order valence-electron chi connectivity index (χ3n) is 2.44. The molecule has 0 radical (unpaired) electrons. The topological polar surface area (TPSA) is 92.4 Å². The number of hydrogen-bond acceptors (Lipinski definition) is 4. The van der Waals surface area contributed by atoms with Gasteiger partial charge in [0, 0.05) is 12.3 Å². The molecule has 20 heavy (non-hydrogen) atoms. The molecule has 2 heterocycles. The number of nitrogens with one attached hydrogen (secondary N) is 1. The van der Waals surface area contributed by atoms with E-state index in [9.17, 15) is 9.59 Å². The summed E-state index contributed by atoms with van der Waals surface area (Å²) in [6.45, 7) is 1.80. The van der Waals surface area contributed by atoms with Crippen LogP contribution in [-0.2, 0) is 4.79 Å². The van der Waals surface area contributed by atoms with E-state index in [1.165, 1.54) is 30.5 Å². The summed E-state index contributed by atoms with van der Waals surface area (Å²) in [5, 5.41) is 11.4. The van der Waals surface area contributed by atoms with Crippen LogP contribution in [0.3, 0.4) is 0 Å². The van der Waals surface area contributed by atoms with Gasteiger partial charge in [0.25, 0.3) is 0 Å². The van der Waals surface area contributed by atoms with E-state index < -0.39 is 11.9 Å². The van der Waals surface area contributed by atoms with Gasteiger partial charge in [-0.15, -0.1) is 0 Å². The van der Waals surface area contributed by atoms with Crippen LogP contribution in [0.25, 0.3) is 6.08 Å². The van der Waals surface area contributed by atoms with E-state index in [0.29, 0.717) is 5.76 Å². The molecule has 0 bridgehead atoms. The van der Waals surface area contributed by atoms with Gasteiger partial charge in [-0.3, -0.25) is 4.79 Å². The van der Waals surface area contributed by atoms with Gasteiger partial charge in [-0.1, -0.05) is 0 Å². The fourth-order valence-corrected chi connectivity index (χ4v) is 1.54. The molecular formula is C14H12N2O4. The summed E-state index contributed by atoms with van der Waals surface area (Å²) in [7, 11) is 0. The number of anilines is 1. The lowest BCUT2D eigenvalue weighted by Crippen LogP contribution is -2.13. The highest BCUT2D eigenvalue weighted by Crippen LogP contribution is 2.12. The predicted octanol–water partition coefficient (Wildman–Crippen LogP) is 2.33. The molecule has 0 unspecified atom stereocenters. The standard InChI is InChI=1S/C14H12N2O4/c1-9-4-5-10(20-9)6-7-12(17)16-13-11(14(18)19)3-2-8-15-13/h2-8H,1H3,(H,18,19)(H,15,16,17). The van der Waals surface area contributed by atoms with Crippen molar-refractivity contribution in [3.63, 3.8) is 0 Å². The van der Waals surface area contributed by atoms with Crippen LogP contribution >= 0.6 is 0 Å². The number of aryl methyl sites for hydroxylation is 1. The second-order valence-electron chi connectivity index (χ2n) is 3.98. The number of aromatic carboxylic acids is 1. The molecule has 2 aromatic rings. The van der Waals surface area contributed by atoms with Gasteiger partial charge in [-0.05, 0) is 37.3 Å². The van der Waals surface area contributed by atoms with Crippen LogP contribution in [0.1, 0.15) is 21.9 Å². The molecule has 0 aliphatic heterocycles. The summed E-state index contributed by atoms with van der Waals surface area (Å²) < 4.78 is 5.27. The minimum atomic E-state index is -1.15. The summed E-state index contributed by atoms with van der Waals surface area (Å²) in [5.74, 6) is -0.357. The first-order valence-corrected chi connectivity index (χ1v) is 5.80. The molecule has 0 spiro atoms. The van der Waals surface area contributed by atoms with E-state index >= 15 is 0 Å². The normalized spacial score (nSPS) is 10.7. The first kappa shape index (κ1) is 13.5. The molecule has 6 nitrogen and oxygen atoms in total. The maximum absolute atomic E-state index is 11.7. The average Bonchev–Trinajstić information content (AvgIpc) is 2.83.